The van der Waals surface area contributed by atoms with Crippen LogP contribution in [0.25, 0.3) is 11.0 Å². The number of rotatable bonds is 4. The van der Waals surface area contributed by atoms with E-state index in [4.69, 9.17) is 18.6 Å². The molecule has 1 aromatic heterocycles. The van der Waals surface area contributed by atoms with Gasteiger partial charge in [0.25, 0.3) is 5.91 Å². The molecule has 1 aliphatic heterocycles. The molecule has 0 bridgehead atoms. The smallest absolute Gasteiger partial charge is 0.337 e. The first-order valence-corrected chi connectivity index (χ1v) is 8.37. The Balaban J connectivity index is 1.63. The lowest BCUT2D eigenvalue weighted by molar-refractivity contribution is 0.0941. The minimum atomic E-state index is -0.600. The minimum absolute atomic E-state index is 0.189. The number of carbonyl (C=O) groups excluding carboxylic acids is 1. The first-order chi connectivity index (χ1) is 13.0. The Morgan fingerprint density at radius 2 is 1.93 bits per heavy atom. The van der Waals surface area contributed by atoms with Crippen LogP contribution in [0.1, 0.15) is 28.9 Å². The number of nitrogens with one attached hydrogen (secondary N) is 1. The Labute approximate surface area is 154 Å². The zero-order valence-corrected chi connectivity index (χ0v) is 14.8. The molecule has 2 aromatic carbocycles. The number of hydrogen-bond donors (Lipinski definition) is 1. The molecule has 0 spiro atoms. The van der Waals surface area contributed by atoms with Gasteiger partial charge in [-0.15, -0.1) is 0 Å². The first-order valence-electron chi connectivity index (χ1n) is 8.37. The fourth-order valence-electron chi connectivity index (χ4n) is 3.00. The van der Waals surface area contributed by atoms with Crippen molar-refractivity contribution < 1.29 is 23.4 Å². The van der Waals surface area contributed by atoms with E-state index < -0.39 is 5.63 Å². The molecule has 7 nitrogen and oxygen atoms in total. The number of methoxy groups -OCH3 is 1. The molecular formula is C20H17NO6. The molecule has 1 unspecified atom stereocenters. The summed E-state index contributed by atoms with van der Waals surface area (Å²) in [5, 5.41) is 3.44. The van der Waals surface area contributed by atoms with Crippen LogP contribution in [0.5, 0.6) is 17.2 Å². The van der Waals surface area contributed by atoms with Crippen LogP contribution in [0.2, 0.25) is 0 Å². The first kappa shape index (κ1) is 17.0. The molecule has 7 heteroatoms. The Morgan fingerprint density at radius 1 is 1.11 bits per heavy atom. The maximum Gasteiger partial charge on any atom is 0.337 e. The van der Waals surface area contributed by atoms with Gasteiger partial charge < -0.3 is 23.9 Å². The van der Waals surface area contributed by atoms with Gasteiger partial charge in [0.05, 0.1) is 18.7 Å². The summed E-state index contributed by atoms with van der Waals surface area (Å²) in [6, 6.07) is 11.4. The maximum atomic E-state index is 12.8. The molecule has 3 aromatic rings. The Morgan fingerprint density at radius 3 is 2.74 bits per heavy atom. The standard InChI is InChI=1S/C20H17NO6/c1-11(12-3-6-16-18(7-12)26-10-25-16)21-20(23)15-9-19(22)27-17-8-13(24-2)4-5-14(15)17/h3-9,11H,10H2,1-2H3,(H,21,23). The molecule has 1 atom stereocenters. The van der Waals surface area contributed by atoms with Crippen LogP contribution < -0.4 is 25.2 Å². The van der Waals surface area contributed by atoms with E-state index >= 15 is 0 Å². The summed E-state index contributed by atoms with van der Waals surface area (Å²) in [4.78, 5) is 24.7. The van der Waals surface area contributed by atoms with Crippen LogP contribution in [0.15, 0.2) is 51.7 Å². The largest absolute Gasteiger partial charge is 0.497 e. The Hall–Kier alpha value is -3.48. The van der Waals surface area contributed by atoms with Gasteiger partial charge in [-0.1, -0.05) is 6.07 Å². The molecule has 0 fully saturated rings. The van der Waals surface area contributed by atoms with Crippen molar-refractivity contribution in [3.8, 4) is 17.2 Å². The van der Waals surface area contributed by atoms with Crippen molar-refractivity contribution in [1.82, 2.24) is 5.32 Å². The molecule has 138 valence electrons. The van der Waals surface area contributed by atoms with Gasteiger partial charge in [0.2, 0.25) is 6.79 Å². The van der Waals surface area contributed by atoms with E-state index in [-0.39, 0.29) is 24.3 Å². The van der Waals surface area contributed by atoms with Crippen LogP contribution >= 0.6 is 0 Å². The van der Waals surface area contributed by atoms with Crippen LogP contribution in [-0.2, 0) is 0 Å². The lowest BCUT2D eigenvalue weighted by Crippen LogP contribution is -2.27. The van der Waals surface area contributed by atoms with Crippen molar-refractivity contribution in [2.24, 2.45) is 0 Å². The molecule has 1 aliphatic rings. The molecule has 1 N–H and O–H groups in total. The highest BCUT2D eigenvalue weighted by atomic mass is 16.7. The monoisotopic (exact) mass is 367 g/mol. The fraction of sp³-hybridized carbons (Fsp3) is 0.200. The second-order valence-electron chi connectivity index (χ2n) is 6.15. The summed E-state index contributed by atoms with van der Waals surface area (Å²) in [6.07, 6.45) is 0. The van der Waals surface area contributed by atoms with Gasteiger partial charge in [-0.25, -0.2) is 4.79 Å². The third-order valence-electron chi connectivity index (χ3n) is 4.44. The molecule has 0 saturated heterocycles. The average molecular weight is 367 g/mol. The van der Waals surface area contributed by atoms with E-state index in [1.54, 1.807) is 24.3 Å². The maximum absolute atomic E-state index is 12.8. The van der Waals surface area contributed by atoms with E-state index in [2.05, 4.69) is 5.32 Å². The summed E-state index contributed by atoms with van der Waals surface area (Å²) >= 11 is 0. The van der Waals surface area contributed by atoms with Crippen molar-refractivity contribution in [3.05, 3.63) is 64.0 Å². The van der Waals surface area contributed by atoms with Crippen molar-refractivity contribution in [2.45, 2.75) is 13.0 Å². The molecule has 0 aliphatic carbocycles. The number of carbonyl (C=O) groups is 1. The molecule has 2 heterocycles. The highest BCUT2D eigenvalue weighted by molar-refractivity contribution is 6.05. The summed E-state index contributed by atoms with van der Waals surface area (Å²) < 4.78 is 21.0. The SMILES string of the molecule is COc1ccc2c(C(=O)NC(C)c3ccc4c(c3)OCO4)cc(=O)oc2c1. The number of amides is 1. The predicted octanol–water partition coefficient (Wildman–Crippen LogP) is 3.02. The molecule has 27 heavy (non-hydrogen) atoms. The number of ether oxygens (including phenoxy) is 3. The minimum Gasteiger partial charge on any atom is -0.497 e. The second kappa shape index (κ2) is 6.68. The van der Waals surface area contributed by atoms with Gasteiger partial charge in [0.15, 0.2) is 11.5 Å². The topological polar surface area (TPSA) is 87.0 Å². The number of benzene rings is 2. The zero-order chi connectivity index (χ0) is 19.0. The second-order valence-corrected chi connectivity index (χ2v) is 6.15. The van der Waals surface area contributed by atoms with Gasteiger partial charge in [0, 0.05) is 17.5 Å². The molecule has 1 amide bonds. The lowest BCUT2D eigenvalue weighted by Gasteiger charge is -2.15. The summed E-state index contributed by atoms with van der Waals surface area (Å²) in [5.41, 5.74) is 0.803. The van der Waals surface area contributed by atoms with Gasteiger partial charge >= 0.3 is 5.63 Å². The highest BCUT2D eigenvalue weighted by Crippen LogP contribution is 2.34. The third kappa shape index (κ3) is 3.19. The van der Waals surface area contributed by atoms with E-state index in [0.29, 0.717) is 28.2 Å². The fourth-order valence-corrected chi connectivity index (χ4v) is 3.00. The van der Waals surface area contributed by atoms with E-state index in [0.717, 1.165) is 5.56 Å². The van der Waals surface area contributed by atoms with Crippen LogP contribution in [0.3, 0.4) is 0 Å². The van der Waals surface area contributed by atoms with Gasteiger partial charge in [-0.3, -0.25) is 4.79 Å². The van der Waals surface area contributed by atoms with E-state index in [1.807, 2.05) is 19.1 Å². The van der Waals surface area contributed by atoms with Crippen molar-refractivity contribution in [1.29, 1.82) is 0 Å². The van der Waals surface area contributed by atoms with Crippen molar-refractivity contribution >= 4 is 16.9 Å². The lowest BCUT2D eigenvalue weighted by atomic mass is 10.1. The van der Waals surface area contributed by atoms with Gasteiger partial charge in [0.1, 0.15) is 11.3 Å². The Bertz CT molecular complexity index is 1090. The van der Waals surface area contributed by atoms with Crippen LogP contribution in [-0.4, -0.2) is 19.8 Å². The third-order valence-corrected chi connectivity index (χ3v) is 4.44. The highest BCUT2D eigenvalue weighted by Gasteiger charge is 2.19. The predicted molar refractivity (Wildman–Crippen MR) is 97.5 cm³/mol. The zero-order valence-electron chi connectivity index (χ0n) is 14.8. The molecule has 0 radical (unpaired) electrons. The van der Waals surface area contributed by atoms with Crippen LogP contribution in [0, 0.1) is 0 Å². The quantitative estimate of drug-likeness (QED) is 0.714. The normalized spacial score (nSPS) is 13.4. The van der Waals surface area contributed by atoms with Gasteiger partial charge in [-0.2, -0.15) is 0 Å². The van der Waals surface area contributed by atoms with Gasteiger partial charge in [-0.05, 0) is 36.8 Å². The summed E-state index contributed by atoms with van der Waals surface area (Å²) in [6.45, 7) is 2.04. The summed E-state index contributed by atoms with van der Waals surface area (Å²) in [7, 11) is 1.52. The molecule has 4 rings (SSSR count). The van der Waals surface area contributed by atoms with E-state index in [9.17, 15) is 9.59 Å². The average Bonchev–Trinajstić information content (AvgIpc) is 3.14. The Kier molecular flexibility index (Phi) is 4.19. The van der Waals surface area contributed by atoms with E-state index in [1.165, 1.54) is 13.2 Å². The molecular weight excluding hydrogens is 350 g/mol. The number of hydrogen-bond acceptors (Lipinski definition) is 6. The van der Waals surface area contributed by atoms with Crippen molar-refractivity contribution in [3.63, 3.8) is 0 Å². The number of fused-ring (bicyclic) bond motifs is 2. The van der Waals surface area contributed by atoms with Crippen LogP contribution in [0.4, 0.5) is 0 Å². The summed E-state index contributed by atoms with van der Waals surface area (Å²) in [5.74, 6) is 1.49. The van der Waals surface area contributed by atoms with Crippen molar-refractivity contribution in [2.75, 3.05) is 13.9 Å². The molecule has 0 saturated carbocycles.